The number of hydrogen-bond acceptors (Lipinski definition) is 1. The minimum absolute atomic E-state index is 0.258. The summed E-state index contributed by atoms with van der Waals surface area (Å²) in [5.74, 6) is 0.562. The van der Waals surface area contributed by atoms with E-state index in [1.165, 1.54) is 19.3 Å². The molecule has 0 aromatic heterocycles. The third-order valence-corrected chi connectivity index (χ3v) is 2.77. The minimum atomic E-state index is 0.258. The van der Waals surface area contributed by atoms with Gasteiger partial charge in [0.05, 0.1) is 0 Å². The number of nitrogens with one attached hydrogen (secondary N) is 1. The molecule has 0 spiro atoms. The highest BCUT2D eigenvalue weighted by Gasteiger charge is 2.19. The number of amides is 1. The quantitative estimate of drug-likeness (QED) is 0.744. The van der Waals surface area contributed by atoms with Gasteiger partial charge in [-0.25, -0.2) is 0 Å². The third kappa shape index (κ3) is 3.13. The van der Waals surface area contributed by atoms with Crippen LogP contribution >= 0.6 is 15.9 Å². The number of hydrogen-bond donors (Lipinski definition) is 1. The smallest absolute Gasteiger partial charge is 0.223 e. The van der Waals surface area contributed by atoms with Gasteiger partial charge in [0, 0.05) is 17.8 Å². The molecule has 0 radical (unpaired) electrons. The third-order valence-electron chi connectivity index (χ3n) is 2.37. The number of carbonyl (C=O) groups is 1. The average molecular weight is 234 g/mol. The summed E-state index contributed by atoms with van der Waals surface area (Å²) in [5, 5.41) is 3.77. The fourth-order valence-electron chi connectivity index (χ4n) is 1.68. The Bertz CT molecular complexity index is 143. The zero-order chi connectivity index (χ0) is 8.81. The van der Waals surface area contributed by atoms with Crippen LogP contribution in [0.5, 0.6) is 0 Å². The van der Waals surface area contributed by atoms with Gasteiger partial charge in [-0.3, -0.25) is 4.79 Å². The maximum absolute atomic E-state index is 11.4. The summed E-state index contributed by atoms with van der Waals surface area (Å²) in [6, 6.07) is 0. The van der Waals surface area contributed by atoms with E-state index in [2.05, 4.69) is 21.2 Å². The first-order chi connectivity index (χ1) is 5.84. The molecule has 1 amide bonds. The van der Waals surface area contributed by atoms with Crippen LogP contribution in [0.25, 0.3) is 0 Å². The molecule has 1 saturated carbocycles. The van der Waals surface area contributed by atoms with E-state index in [0.29, 0.717) is 5.92 Å². The summed E-state index contributed by atoms with van der Waals surface area (Å²) < 4.78 is 0. The van der Waals surface area contributed by atoms with Gasteiger partial charge < -0.3 is 5.32 Å². The van der Waals surface area contributed by atoms with E-state index < -0.39 is 0 Å². The molecule has 70 valence electrons. The normalized spacial score (nSPS) is 19.1. The van der Waals surface area contributed by atoms with Crippen molar-refractivity contribution in [2.75, 3.05) is 11.9 Å². The highest BCUT2D eigenvalue weighted by atomic mass is 79.9. The van der Waals surface area contributed by atoms with E-state index in [-0.39, 0.29) is 5.91 Å². The summed E-state index contributed by atoms with van der Waals surface area (Å²) in [6.45, 7) is 0.759. The van der Waals surface area contributed by atoms with Crippen molar-refractivity contribution in [1.82, 2.24) is 5.32 Å². The lowest BCUT2D eigenvalue weighted by Crippen LogP contribution is -2.32. The van der Waals surface area contributed by atoms with Gasteiger partial charge in [0.1, 0.15) is 0 Å². The molecule has 0 saturated heterocycles. The molecule has 2 nitrogen and oxygen atoms in total. The lowest BCUT2D eigenvalue weighted by Gasteiger charge is -2.20. The zero-order valence-corrected chi connectivity index (χ0v) is 8.90. The van der Waals surface area contributed by atoms with E-state index >= 15 is 0 Å². The molecule has 1 rings (SSSR count). The van der Waals surface area contributed by atoms with Gasteiger partial charge in [-0.05, 0) is 12.8 Å². The van der Waals surface area contributed by atoms with Crippen LogP contribution in [0, 0.1) is 5.92 Å². The van der Waals surface area contributed by atoms with Gasteiger partial charge in [-0.2, -0.15) is 0 Å². The summed E-state index contributed by atoms with van der Waals surface area (Å²) in [4.78, 5) is 11.4. The Kier molecular flexibility index (Phi) is 4.66. The Morgan fingerprint density at radius 2 is 2.00 bits per heavy atom. The summed E-state index contributed by atoms with van der Waals surface area (Å²) in [6.07, 6.45) is 5.95. The second-order valence-corrected chi connectivity index (χ2v) is 4.11. The lowest BCUT2D eigenvalue weighted by atomic mass is 9.89. The second-order valence-electron chi connectivity index (χ2n) is 3.31. The van der Waals surface area contributed by atoms with Crippen LogP contribution in [-0.2, 0) is 4.79 Å². The fourth-order valence-corrected chi connectivity index (χ4v) is 1.88. The van der Waals surface area contributed by atoms with Crippen LogP contribution in [-0.4, -0.2) is 17.8 Å². The number of rotatable bonds is 3. The molecular formula is C9H16BrNO. The Morgan fingerprint density at radius 3 is 2.58 bits per heavy atom. The maximum Gasteiger partial charge on any atom is 0.223 e. The van der Waals surface area contributed by atoms with Gasteiger partial charge >= 0.3 is 0 Å². The zero-order valence-electron chi connectivity index (χ0n) is 7.31. The van der Waals surface area contributed by atoms with Gasteiger partial charge in [0.25, 0.3) is 0 Å². The monoisotopic (exact) mass is 233 g/mol. The van der Waals surface area contributed by atoms with Crippen LogP contribution < -0.4 is 5.32 Å². The Hall–Kier alpha value is -0.0500. The minimum Gasteiger partial charge on any atom is -0.355 e. The maximum atomic E-state index is 11.4. The Balaban J connectivity index is 2.20. The SMILES string of the molecule is O=C(NCCBr)C1CCCCC1. The number of alkyl halides is 1. The molecule has 12 heavy (non-hydrogen) atoms. The van der Waals surface area contributed by atoms with E-state index in [1.54, 1.807) is 0 Å². The molecule has 0 unspecified atom stereocenters. The van der Waals surface area contributed by atoms with Crippen molar-refractivity contribution in [2.24, 2.45) is 5.92 Å². The van der Waals surface area contributed by atoms with Crippen molar-refractivity contribution in [3.05, 3.63) is 0 Å². The standard InChI is InChI=1S/C9H16BrNO/c10-6-7-11-9(12)8-4-2-1-3-5-8/h8H,1-7H2,(H,11,12). The Labute approximate surface area is 82.2 Å². The molecular weight excluding hydrogens is 218 g/mol. The molecule has 1 fully saturated rings. The van der Waals surface area contributed by atoms with Crippen molar-refractivity contribution in [1.29, 1.82) is 0 Å². The molecule has 0 bridgehead atoms. The van der Waals surface area contributed by atoms with Crippen molar-refractivity contribution < 1.29 is 4.79 Å². The van der Waals surface area contributed by atoms with Crippen molar-refractivity contribution >= 4 is 21.8 Å². The molecule has 1 aliphatic rings. The molecule has 1 aliphatic carbocycles. The van der Waals surface area contributed by atoms with Crippen LogP contribution in [0.15, 0.2) is 0 Å². The predicted octanol–water partition coefficient (Wildman–Crippen LogP) is 2.08. The summed E-state index contributed by atoms with van der Waals surface area (Å²) in [7, 11) is 0. The largest absolute Gasteiger partial charge is 0.355 e. The molecule has 0 heterocycles. The Morgan fingerprint density at radius 1 is 1.33 bits per heavy atom. The van der Waals surface area contributed by atoms with Crippen LogP contribution in [0.4, 0.5) is 0 Å². The van der Waals surface area contributed by atoms with E-state index in [4.69, 9.17) is 0 Å². The van der Waals surface area contributed by atoms with Gasteiger partial charge in [-0.15, -0.1) is 0 Å². The first-order valence-electron chi connectivity index (χ1n) is 4.68. The fraction of sp³-hybridized carbons (Fsp3) is 0.889. The van der Waals surface area contributed by atoms with Crippen LogP contribution in [0.2, 0.25) is 0 Å². The van der Waals surface area contributed by atoms with Crippen molar-refractivity contribution in [2.45, 2.75) is 32.1 Å². The highest BCUT2D eigenvalue weighted by Crippen LogP contribution is 2.23. The van der Waals surface area contributed by atoms with Gasteiger partial charge in [0.2, 0.25) is 5.91 Å². The van der Waals surface area contributed by atoms with E-state index in [0.717, 1.165) is 24.7 Å². The molecule has 0 aromatic carbocycles. The average Bonchev–Trinajstić information content (AvgIpc) is 2.15. The van der Waals surface area contributed by atoms with Crippen LogP contribution in [0.3, 0.4) is 0 Å². The van der Waals surface area contributed by atoms with E-state index in [9.17, 15) is 4.79 Å². The first kappa shape index (κ1) is 10.0. The molecule has 0 aliphatic heterocycles. The van der Waals surface area contributed by atoms with Crippen molar-refractivity contribution in [3.63, 3.8) is 0 Å². The second kappa shape index (κ2) is 5.57. The van der Waals surface area contributed by atoms with Gasteiger partial charge in [-0.1, -0.05) is 35.2 Å². The van der Waals surface area contributed by atoms with Crippen molar-refractivity contribution in [3.8, 4) is 0 Å². The topological polar surface area (TPSA) is 29.1 Å². The molecule has 0 atom stereocenters. The van der Waals surface area contributed by atoms with Gasteiger partial charge in [0.15, 0.2) is 0 Å². The highest BCUT2D eigenvalue weighted by molar-refractivity contribution is 9.09. The van der Waals surface area contributed by atoms with E-state index in [1.807, 2.05) is 0 Å². The number of halogens is 1. The number of carbonyl (C=O) groups excluding carboxylic acids is 1. The molecule has 3 heteroatoms. The summed E-state index contributed by atoms with van der Waals surface area (Å²) >= 11 is 3.29. The lowest BCUT2D eigenvalue weighted by molar-refractivity contribution is -0.125. The van der Waals surface area contributed by atoms with Crippen LogP contribution in [0.1, 0.15) is 32.1 Å². The molecule has 0 aromatic rings. The summed E-state index contributed by atoms with van der Waals surface area (Å²) in [5.41, 5.74) is 0. The predicted molar refractivity (Wildman–Crippen MR) is 53.4 cm³/mol. The molecule has 1 N–H and O–H groups in total. The first-order valence-corrected chi connectivity index (χ1v) is 5.80.